The summed E-state index contributed by atoms with van der Waals surface area (Å²) in [5, 5.41) is 9.65. The van der Waals surface area contributed by atoms with Crippen molar-refractivity contribution in [2.45, 2.75) is 32.1 Å². The molecule has 20 heavy (non-hydrogen) atoms. The average molecular weight is 280 g/mol. The summed E-state index contributed by atoms with van der Waals surface area (Å²) < 4.78 is 0. The number of nitrogens with zero attached hydrogens (tertiary/aromatic N) is 2. The molecule has 1 N–H and O–H groups in total. The highest BCUT2D eigenvalue weighted by atomic mass is 16.3. The summed E-state index contributed by atoms with van der Waals surface area (Å²) >= 11 is 0. The number of aliphatic hydroxyl groups excluding tert-OH is 1. The van der Waals surface area contributed by atoms with E-state index in [2.05, 4.69) is 6.58 Å². The Hall–Kier alpha value is -1.36. The number of hydrogen-bond donors (Lipinski definition) is 1. The van der Waals surface area contributed by atoms with Gasteiger partial charge in [0.1, 0.15) is 0 Å². The van der Waals surface area contributed by atoms with Crippen molar-refractivity contribution < 1.29 is 14.7 Å². The van der Waals surface area contributed by atoms with Crippen LogP contribution in [0.15, 0.2) is 12.7 Å². The molecule has 2 heterocycles. The first-order valence-corrected chi connectivity index (χ1v) is 7.37. The van der Waals surface area contributed by atoms with Crippen molar-refractivity contribution in [3.05, 3.63) is 12.7 Å². The topological polar surface area (TPSA) is 60.9 Å². The van der Waals surface area contributed by atoms with E-state index in [-0.39, 0.29) is 30.4 Å². The van der Waals surface area contributed by atoms with Gasteiger partial charge in [-0.15, -0.1) is 6.58 Å². The average Bonchev–Trinajstić information content (AvgIpc) is 2.85. The molecule has 1 atom stereocenters. The van der Waals surface area contributed by atoms with Crippen LogP contribution in [-0.4, -0.2) is 59.5 Å². The molecule has 2 aliphatic heterocycles. The van der Waals surface area contributed by atoms with Crippen molar-refractivity contribution in [1.29, 1.82) is 0 Å². The van der Waals surface area contributed by atoms with Crippen LogP contribution in [0.1, 0.15) is 32.1 Å². The van der Waals surface area contributed by atoms with E-state index in [9.17, 15) is 14.7 Å². The first kappa shape index (κ1) is 15.0. The van der Waals surface area contributed by atoms with Crippen LogP contribution in [0.5, 0.6) is 0 Å². The number of amides is 2. The van der Waals surface area contributed by atoms with Crippen LogP contribution in [-0.2, 0) is 9.59 Å². The number of allylic oxidation sites excluding steroid dienone is 1. The molecule has 5 nitrogen and oxygen atoms in total. The van der Waals surface area contributed by atoms with Gasteiger partial charge in [0, 0.05) is 31.5 Å². The van der Waals surface area contributed by atoms with Gasteiger partial charge in [-0.1, -0.05) is 6.08 Å². The molecule has 5 heteroatoms. The molecule has 0 aromatic carbocycles. The third kappa shape index (κ3) is 3.20. The summed E-state index contributed by atoms with van der Waals surface area (Å²) in [6.45, 7) is 5.99. The molecular formula is C15H24N2O3. The maximum absolute atomic E-state index is 12.3. The normalized spacial score (nSPS) is 26.9. The van der Waals surface area contributed by atoms with Gasteiger partial charge in [-0.2, -0.15) is 0 Å². The fourth-order valence-corrected chi connectivity index (χ4v) is 3.22. The summed E-state index contributed by atoms with van der Waals surface area (Å²) in [4.78, 5) is 27.4. The van der Waals surface area contributed by atoms with E-state index in [1.807, 2.05) is 6.08 Å². The lowest BCUT2D eigenvalue weighted by Gasteiger charge is -2.41. The lowest BCUT2D eigenvalue weighted by Crippen LogP contribution is -2.50. The number of hydrogen-bond acceptors (Lipinski definition) is 3. The molecule has 2 rings (SSSR count). The van der Waals surface area contributed by atoms with Gasteiger partial charge < -0.3 is 14.9 Å². The molecular weight excluding hydrogens is 256 g/mol. The molecule has 0 aromatic rings. The third-order valence-electron chi connectivity index (χ3n) is 4.42. The maximum atomic E-state index is 12.3. The van der Waals surface area contributed by atoms with Crippen LogP contribution >= 0.6 is 0 Å². The zero-order valence-electron chi connectivity index (χ0n) is 12.0. The van der Waals surface area contributed by atoms with E-state index in [0.29, 0.717) is 19.5 Å². The van der Waals surface area contributed by atoms with Crippen LogP contribution in [0.4, 0.5) is 0 Å². The molecule has 0 saturated carbocycles. The van der Waals surface area contributed by atoms with Gasteiger partial charge in [-0.3, -0.25) is 9.59 Å². The second-order valence-electron chi connectivity index (χ2n) is 5.99. The predicted octanol–water partition coefficient (Wildman–Crippen LogP) is 0.786. The molecule has 2 fully saturated rings. The van der Waals surface area contributed by atoms with Crippen molar-refractivity contribution in [1.82, 2.24) is 9.80 Å². The highest BCUT2D eigenvalue weighted by Crippen LogP contribution is 2.33. The molecule has 0 spiro atoms. The minimum Gasteiger partial charge on any atom is -0.396 e. The van der Waals surface area contributed by atoms with Gasteiger partial charge in [0.05, 0.1) is 13.2 Å². The van der Waals surface area contributed by atoms with Crippen LogP contribution in [0, 0.1) is 5.41 Å². The number of likely N-dealkylation sites (tertiary alicyclic amines) is 2. The first-order valence-electron chi connectivity index (χ1n) is 7.37. The molecule has 0 aliphatic carbocycles. The minimum absolute atomic E-state index is 0.00170. The third-order valence-corrected chi connectivity index (χ3v) is 4.42. The lowest BCUT2D eigenvalue weighted by molar-refractivity contribution is -0.141. The van der Waals surface area contributed by atoms with Crippen molar-refractivity contribution in [2.75, 3.05) is 32.8 Å². The fourth-order valence-electron chi connectivity index (χ4n) is 3.22. The summed E-state index contributed by atoms with van der Waals surface area (Å²) in [6, 6.07) is 0. The molecule has 1 unspecified atom stereocenters. The number of piperidine rings is 1. The smallest absolute Gasteiger partial charge is 0.242 e. The molecule has 0 aromatic heterocycles. The molecule has 2 saturated heterocycles. The van der Waals surface area contributed by atoms with E-state index >= 15 is 0 Å². The quantitative estimate of drug-likeness (QED) is 0.757. The van der Waals surface area contributed by atoms with Crippen LogP contribution in [0.25, 0.3) is 0 Å². The van der Waals surface area contributed by atoms with Crippen molar-refractivity contribution >= 4 is 11.8 Å². The zero-order valence-corrected chi connectivity index (χ0v) is 12.0. The van der Waals surface area contributed by atoms with Crippen LogP contribution in [0.2, 0.25) is 0 Å². The Bertz CT molecular complexity index is 397. The first-order chi connectivity index (χ1) is 9.60. The molecule has 0 radical (unpaired) electrons. The van der Waals surface area contributed by atoms with Crippen molar-refractivity contribution in [2.24, 2.45) is 5.41 Å². The Balaban J connectivity index is 1.95. The van der Waals surface area contributed by atoms with Gasteiger partial charge >= 0.3 is 0 Å². The van der Waals surface area contributed by atoms with E-state index in [0.717, 1.165) is 32.2 Å². The van der Waals surface area contributed by atoms with Gasteiger partial charge in [0.15, 0.2) is 0 Å². The molecule has 2 amide bonds. The Morgan fingerprint density at radius 2 is 2.20 bits per heavy atom. The van der Waals surface area contributed by atoms with Gasteiger partial charge in [0.2, 0.25) is 11.8 Å². The maximum Gasteiger partial charge on any atom is 0.242 e. The largest absolute Gasteiger partial charge is 0.396 e. The number of carbonyl (C=O) groups is 2. The Labute approximate surface area is 120 Å². The Morgan fingerprint density at radius 3 is 2.80 bits per heavy atom. The summed E-state index contributed by atoms with van der Waals surface area (Å²) in [7, 11) is 0. The summed E-state index contributed by atoms with van der Waals surface area (Å²) in [5.74, 6) is 0.0803. The van der Waals surface area contributed by atoms with E-state index in [1.165, 1.54) is 0 Å². The number of carbonyl (C=O) groups excluding carboxylic acids is 2. The van der Waals surface area contributed by atoms with Crippen LogP contribution < -0.4 is 0 Å². The number of rotatable bonds is 5. The second kappa shape index (κ2) is 6.39. The van der Waals surface area contributed by atoms with Crippen molar-refractivity contribution in [3.63, 3.8) is 0 Å². The lowest BCUT2D eigenvalue weighted by atomic mass is 9.78. The molecule has 2 aliphatic rings. The summed E-state index contributed by atoms with van der Waals surface area (Å²) in [6.07, 6.45) is 5.76. The standard InChI is InChI=1S/C15H24N2O3/c1-2-6-15(12-18)7-4-9-17(11-15)14(20)10-16-8-3-5-13(16)19/h2,18H,1,3-12H2. The second-order valence-corrected chi connectivity index (χ2v) is 5.99. The highest BCUT2D eigenvalue weighted by molar-refractivity contribution is 5.86. The van der Waals surface area contributed by atoms with E-state index in [1.54, 1.807) is 9.80 Å². The monoisotopic (exact) mass is 280 g/mol. The van der Waals surface area contributed by atoms with Gasteiger partial charge in [-0.25, -0.2) is 0 Å². The highest BCUT2D eigenvalue weighted by Gasteiger charge is 2.36. The van der Waals surface area contributed by atoms with Gasteiger partial charge in [0.25, 0.3) is 0 Å². The minimum atomic E-state index is -0.245. The molecule has 112 valence electrons. The van der Waals surface area contributed by atoms with Crippen LogP contribution in [0.3, 0.4) is 0 Å². The Kier molecular flexibility index (Phi) is 4.81. The SMILES string of the molecule is C=CCC1(CO)CCCN(C(=O)CN2CCCC2=O)C1. The van der Waals surface area contributed by atoms with Crippen molar-refractivity contribution in [3.8, 4) is 0 Å². The Morgan fingerprint density at radius 1 is 1.40 bits per heavy atom. The zero-order chi connectivity index (χ0) is 14.6. The fraction of sp³-hybridized carbons (Fsp3) is 0.733. The summed E-state index contributed by atoms with van der Waals surface area (Å²) in [5.41, 5.74) is -0.245. The van der Waals surface area contributed by atoms with Gasteiger partial charge in [-0.05, 0) is 25.7 Å². The number of aliphatic hydroxyl groups is 1. The molecule has 0 bridgehead atoms. The van der Waals surface area contributed by atoms with E-state index < -0.39 is 0 Å². The van der Waals surface area contributed by atoms with E-state index in [4.69, 9.17) is 0 Å². The predicted molar refractivity (Wildman–Crippen MR) is 76.0 cm³/mol.